The molecule has 1 aromatic heterocycles. The van der Waals surface area contributed by atoms with Crippen LogP contribution in [0.4, 0.5) is 5.82 Å². The van der Waals surface area contributed by atoms with E-state index in [1.807, 2.05) is 0 Å². The Hall–Kier alpha value is -1.13. The number of aryl methyl sites for hydroxylation is 2. The zero-order valence-corrected chi connectivity index (χ0v) is 11.1. The summed E-state index contributed by atoms with van der Waals surface area (Å²) in [6.07, 6.45) is 4.56. The zero-order valence-electron chi connectivity index (χ0n) is 11.1. The zero-order chi connectivity index (χ0) is 12.6. The molecule has 0 saturated carbocycles. The molecule has 0 bridgehead atoms. The summed E-state index contributed by atoms with van der Waals surface area (Å²) in [6.45, 7) is 3.01. The van der Waals surface area contributed by atoms with Crippen LogP contribution in [0, 0.1) is 0 Å². The van der Waals surface area contributed by atoms with Crippen molar-refractivity contribution in [1.82, 2.24) is 4.98 Å². The van der Waals surface area contributed by atoms with E-state index in [1.165, 1.54) is 24.1 Å². The maximum absolute atomic E-state index is 5.40. The normalized spacial score (nSPS) is 13.6. The predicted octanol–water partition coefficient (Wildman–Crippen LogP) is 2.04. The molecule has 2 rings (SSSR count). The van der Waals surface area contributed by atoms with E-state index in [0.717, 1.165) is 31.8 Å². The van der Waals surface area contributed by atoms with Gasteiger partial charge in [0.25, 0.3) is 0 Å². The second kappa shape index (κ2) is 7.34. The lowest BCUT2D eigenvalue weighted by Gasteiger charge is -2.08. The Bertz CT molecular complexity index is 369. The molecular weight excluding hydrogens is 228 g/mol. The van der Waals surface area contributed by atoms with E-state index in [4.69, 9.17) is 9.47 Å². The fourth-order valence-electron chi connectivity index (χ4n) is 2.15. The third-order valence-corrected chi connectivity index (χ3v) is 3.13. The van der Waals surface area contributed by atoms with Crippen molar-refractivity contribution >= 4 is 5.82 Å². The van der Waals surface area contributed by atoms with Crippen LogP contribution in [0.1, 0.15) is 24.1 Å². The van der Waals surface area contributed by atoms with E-state index >= 15 is 0 Å². The molecule has 0 spiro atoms. The Morgan fingerprint density at radius 2 is 2.17 bits per heavy atom. The number of rotatable bonds is 8. The van der Waals surface area contributed by atoms with Gasteiger partial charge in [0, 0.05) is 26.0 Å². The van der Waals surface area contributed by atoms with Gasteiger partial charge in [-0.1, -0.05) is 6.07 Å². The Morgan fingerprint density at radius 1 is 1.22 bits per heavy atom. The number of nitrogens with zero attached hydrogens (tertiary/aromatic N) is 1. The lowest BCUT2D eigenvalue weighted by molar-refractivity contribution is 0.0705. The number of hydrogen-bond acceptors (Lipinski definition) is 4. The van der Waals surface area contributed by atoms with Crippen molar-refractivity contribution < 1.29 is 9.47 Å². The minimum atomic E-state index is 0.666. The second-order valence-corrected chi connectivity index (χ2v) is 4.54. The summed E-state index contributed by atoms with van der Waals surface area (Å²) in [5.41, 5.74) is 2.69. The molecule has 1 N–H and O–H groups in total. The highest BCUT2D eigenvalue weighted by molar-refractivity contribution is 5.40. The van der Waals surface area contributed by atoms with Gasteiger partial charge >= 0.3 is 0 Å². The van der Waals surface area contributed by atoms with Gasteiger partial charge in [-0.3, -0.25) is 0 Å². The summed E-state index contributed by atoms with van der Waals surface area (Å²) >= 11 is 0. The second-order valence-electron chi connectivity index (χ2n) is 4.54. The predicted molar refractivity (Wildman–Crippen MR) is 72.1 cm³/mol. The summed E-state index contributed by atoms with van der Waals surface area (Å²) < 4.78 is 10.3. The number of nitrogens with one attached hydrogen (secondary N) is 1. The first-order chi connectivity index (χ1) is 8.90. The Kier molecular flexibility index (Phi) is 5.42. The molecule has 0 aliphatic heterocycles. The fourth-order valence-corrected chi connectivity index (χ4v) is 2.15. The SMILES string of the molecule is COCCOCCCNc1ccc2c(n1)CCC2. The number of anilines is 1. The van der Waals surface area contributed by atoms with E-state index in [-0.39, 0.29) is 0 Å². The number of ether oxygens (including phenoxy) is 2. The molecule has 1 aliphatic rings. The minimum Gasteiger partial charge on any atom is -0.382 e. The molecule has 0 amide bonds. The number of methoxy groups -OCH3 is 1. The topological polar surface area (TPSA) is 43.4 Å². The Morgan fingerprint density at radius 3 is 3.06 bits per heavy atom. The monoisotopic (exact) mass is 250 g/mol. The van der Waals surface area contributed by atoms with Crippen molar-refractivity contribution in [3.05, 3.63) is 23.4 Å². The van der Waals surface area contributed by atoms with Crippen LogP contribution in [0.25, 0.3) is 0 Å². The molecule has 0 radical (unpaired) electrons. The van der Waals surface area contributed by atoms with E-state index in [0.29, 0.717) is 13.2 Å². The summed E-state index contributed by atoms with van der Waals surface area (Å²) in [5.74, 6) is 0.993. The third kappa shape index (κ3) is 3.96. The fraction of sp³-hybridized carbons (Fsp3) is 0.643. The van der Waals surface area contributed by atoms with Gasteiger partial charge in [0.2, 0.25) is 0 Å². The highest BCUT2D eigenvalue weighted by Gasteiger charge is 2.11. The molecule has 4 heteroatoms. The smallest absolute Gasteiger partial charge is 0.126 e. The quantitative estimate of drug-likeness (QED) is 0.717. The summed E-state index contributed by atoms with van der Waals surface area (Å²) in [4.78, 5) is 4.63. The number of fused-ring (bicyclic) bond motifs is 1. The van der Waals surface area contributed by atoms with Crippen molar-refractivity contribution in [1.29, 1.82) is 0 Å². The largest absolute Gasteiger partial charge is 0.382 e. The summed E-state index contributed by atoms with van der Waals surface area (Å²) in [6, 6.07) is 4.28. The highest BCUT2D eigenvalue weighted by atomic mass is 16.5. The first-order valence-electron chi connectivity index (χ1n) is 6.69. The van der Waals surface area contributed by atoms with Crippen molar-refractivity contribution in [2.24, 2.45) is 0 Å². The first kappa shape index (κ1) is 13.3. The molecule has 1 aliphatic carbocycles. The minimum absolute atomic E-state index is 0.666. The number of pyridine rings is 1. The van der Waals surface area contributed by atoms with Gasteiger partial charge in [-0.2, -0.15) is 0 Å². The van der Waals surface area contributed by atoms with Gasteiger partial charge in [-0.05, 0) is 37.3 Å². The summed E-state index contributed by atoms with van der Waals surface area (Å²) in [7, 11) is 1.68. The van der Waals surface area contributed by atoms with E-state index in [2.05, 4.69) is 22.4 Å². The molecule has 1 heterocycles. The molecule has 0 fully saturated rings. The molecule has 1 aromatic rings. The lowest BCUT2D eigenvalue weighted by Crippen LogP contribution is -2.09. The molecule has 0 atom stereocenters. The lowest BCUT2D eigenvalue weighted by atomic mass is 10.2. The van der Waals surface area contributed by atoms with E-state index in [1.54, 1.807) is 7.11 Å². The van der Waals surface area contributed by atoms with Crippen LogP contribution in [0.2, 0.25) is 0 Å². The van der Waals surface area contributed by atoms with Gasteiger partial charge in [0.15, 0.2) is 0 Å². The van der Waals surface area contributed by atoms with Gasteiger partial charge in [-0.25, -0.2) is 4.98 Å². The van der Waals surface area contributed by atoms with Crippen molar-refractivity contribution in [3.8, 4) is 0 Å². The maximum Gasteiger partial charge on any atom is 0.126 e. The van der Waals surface area contributed by atoms with Crippen LogP contribution in [-0.2, 0) is 22.3 Å². The molecule has 4 nitrogen and oxygen atoms in total. The number of hydrogen-bond donors (Lipinski definition) is 1. The van der Waals surface area contributed by atoms with Crippen LogP contribution in [0.3, 0.4) is 0 Å². The average Bonchev–Trinajstić information content (AvgIpc) is 2.85. The van der Waals surface area contributed by atoms with Crippen molar-refractivity contribution in [2.75, 3.05) is 38.8 Å². The van der Waals surface area contributed by atoms with Gasteiger partial charge in [-0.15, -0.1) is 0 Å². The van der Waals surface area contributed by atoms with Gasteiger partial charge < -0.3 is 14.8 Å². The van der Waals surface area contributed by atoms with E-state index < -0.39 is 0 Å². The molecular formula is C14H22N2O2. The summed E-state index contributed by atoms with van der Waals surface area (Å²) in [5, 5.41) is 3.34. The molecule has 0 aromatic carbocycles. The highest BCUT2D eigenvalue weighted by Crippen LogP contribution is 2.21. The van der Waals surface area contributed by atoms with E-state index in [9.17, 15) is 0 Å². The van der Waals surface area contributed by atoms with Crippen molar-refractivity contribution in [3.63, 3.8) is 0 Å². The molecule has 0 unspecified atom stereocenters. The average molecular weight is 250 g/mol. The van der Waals surface area contributed by atoms with Crippen LogP contribution in [0.15, 0.2) is 12.1 Å². The van der Waals surface area contributed by atoms with Crippen LogP contribution in [-0.4, -0.2) is 38.5 Å². The molecule has 0 saturated heterocycles. The van der Waals surface area contributed by atoms with Gasteiger partial charge in [0.05, 0.1) is 13.2 Å². The first-order valence-corrected chi connectivity index (χ1v) is 6.69. The van der Waals surface area contributed by atoms with Crippen LogP contribution in [0.5, 0.6) is 0 Å². The van der Waals surface area contributed by atoms with Gasteiger partial charge in [0.1, 0.15) is 5.82 Å². The third-order valence-electron chi connectivity index (χ3n) is 3.13. The molecule has 100 valence electrons. The Labute approximate surface area is 109 Å². The van der Waals surface area contributed by atoms with Crippen molar-refractivity contribution in [2.45, 2.75) is 25.7 Å². The maximum atomic E-state index is 5.40. The van der Waals surface area contributed by atoms with Crippen LogP contribution >= 0.6 is 0 Å². The number of aromatic nitrogens is 1. The Balaban J connectivity index is 1.62. The standard InChI is InChI=1S/C14H22N2O2/c1-17-10-11-18-9-3-8-15-14-7-6-12-4-2-5-13(12)16-14/h6-7H,2-5,8-11H2,1H3,(H,15,16). The molecule has 18 heavy (non-hydrogen) atoms. The van der Waals surface area contributed by atoms with Crippen LogP contribution < -0.4 is 5.32 Å².